The number of nitrogens with two attached hydrogens (primary N) is 2. The third kappa shape index (κ3) is 9.65. The van der Waals surface area contributed by atoms with E-state index in [1.807, 2.05) is 0 Å². The number of nitrogens with one attached hydrogen (secondary N) is 2. The molecule has 11 nitrogen and oxygen atoms in total. The maximum absolute atomic E-state index is 13.0. The summed E-state index contributed by atoms with van der Waals surface area (Å²) >= 11 is 5.92. The van der Waals surface area contributed by atoms with Crippen LogP contribution >= 0.6 is 11.6 Å². The lowest BCUT2D eigenvalue weighted by molar-refractivity contribution is -0.137. The summed E-state index contributed by atoms with van der Waals surface area (Å²) < 4.78 is 27.8. The standard InChI is InChI=1S/C21H31ClN6O5S/c22-16-6-3-5-15(11-16)14-34(32,33)27-18-8-1-2-10-28(20(18)31)12-19(30)26-17(13-29)7-4-9-25-21(23)24/h3,5-6,11,13,17-18,27H,1-2,4,7-10,12,14H2,(H,26,30)(H4,23,24,25). The summed E-state index contributed by atoms with van der Waals surface area (Å²) in [7, 11) is -3.83. The van der Waals surface area contributed by atoms with Crippen LogP contribution in [0.1, 0.15) is 37.7 Å². The number of likely N-dealkylation sites (tertiary alicyclic amines) is 1. The van der Waals surface area contributed by atoms with Crippen molar-refractivity contribution in [2.24, 2.45) is 16.5 Å². The lowest BCUT2D eigenvalue weighted by Gasteiger charge is -2.25. The van der Waals surface area contributed by atoms with Crippen molar-refractivity contribution in [2.75, 3.05) is 19.6 Å². The third-order valence-electron chi connectivity index (χ3n) is 5.16. The molecule has 34 heavy (non-hydrogen) atoms. The summed E-state index contributed by atoms with van der Waals surface area (Å²) in [5.41, 5.74) is 11.0. The number of carbonyl (C=O) groups is 3. The van der Waals surface area contributed by atoms with E-state index in [1.165, 1.54) is 4.90 Å². The summed E-state index contributed by atoms with van der Waals surface area (Å²) in [6.45, 7) is 0.364. The summed E-state index contributed by atoms with van der Waals surface area (Å²) in [6.07, 6.45) is 3.02. The molecule has 0 spiro atoms. The first-order valence-electron chi connectivity index (χ1n) is 10.9. The van der Waals surface area contributed by atoms with E-state index in [2.05, 4.69) is 15.0 Å². The highest BCUT2D eigenvalue weighted by atomic mass is 35.5. The van der Waals surface area contributed by atoms with Crippen LogP contribution in [-0.2, 0) is 30.2 Å². The van der Waals surface area contributed by atoms with E-state index in [1.54, 1.807) is 24.3 Å². The smallest absolute Gasteiger partial charge is 0.241 e. The molecule has 1 saturated heterocycles. The number of carbonyl (C=O) groups excluding carboxylic acids is 3. The average Bonchev–Trinajstić information content (AvgIpc) is 2.91. The lowest BCUT2D eigenvalue weighted by atomic mass is 10.1. The molecule has 13 heteroatoms. The van der Waals surface area contributed by atoms with E-state index in [4.69, 9.17) is 23.1 Å². The molecular formula is C21H31ClN6O5S. The van der Waals surface area contributed by atoms with Crippen LogP contribution in [0.15, 0.2) is 29.3 Å². The molecule has 1 fully saturated rings. The summed E-state index contributed by atoms with van der Waals surface area (Å²) in [4.78, 5) is 41.9. The van der Waals surface area contributed by atoms with Crippen molar-refractivity contribution in [1.29, 1.82) is 0 Å². The second-order valence-corrected chi connectivity index (χ2v) is 10.3. The molecule has 1 heterocycles. The van der Waals surface area contributed by atoms with Gasteiger partial charge in [0, 0.05) is 18.1 Å². The van der Waals surface area contributed by atoms with Gasteiger partial charge in [0.25, 0.3) is 0 Å². The van der Waals surface area contributed by atoms with Gasteiger partial charge in [0.2, 0.25) is 21.8 Å². The number of benzene rings is 1. The van der Waals surface area contributed by atoms with Crippen LogP contribution in [0.3, 0.4) is 0 Å². The van der Waals surface area contributed by atoms with E-state index in [9.17, 15) is 22.8 Å². The Morgan fingerprint density at radius 2 is 2.09 bits per heavy atom. The topological polar surface area (TPSA) is 177 Å². The van der Waals surface area contributed by atoms with E-state index >= 15 is 0 Å². The number of hydrogen-bond donors (Lipinski definition) is 4. The first-order chi connectivity index (χ1) is 16.1. The molecule has 6 N–H and O–H groups in total. The number of hydrogen-bond acceptors (Lipinski definition) is 6. The highest BCUT2D eigenvalue weighted by molar-refractivity contribution is 7.88. The highest BCUT2D eigenvalue weighted by Gasteiger charge is 2.31. The zero-order valence-electron chi connectivity index (χ0n) is 18.8. The first kappa shape index (κ1) is 27.5. The Labute approximate surface area is 204 Å². The van der Waals surface area contributed by atoms with Crippen LogP contribution in [0, 0.1) is 0 Å². The maximum Gasteiger partial charge on any atom is 0.241 e. The van der Waals surface area contributed by atoms with Gasteiger partial charge in [0.15, 0.2) is 5.96 Å². The van der Waals surface area contributed by atoms with Crippen molar-refractivity contribution in [3.05, 3.63) is 34.9 Å². The van der Waals surface area contributed by atoms with Crippen molar-refractivity contribution >= 4 is 45.7 Å². The van der Waals surface area contributed by atoms with E-state index in [0.29, 0.717) is 62.1 Å². The summed E-state index contributed by atoms with van der Waals surface area (Å²) in [5.74, 6) is -1.35. The Bertz CT molecular complexity index is 999. The predicted octanol–water partition coefficient (Wildman–Crippen LogP) is -0.122. The molecule has 2 atom stereocenters. The first-order valence-corrected chi connectivity index (χ1v) is 13.0. The van der Waals surface area contributed by atoms with Gasteiger partial charge in [-0.05, 0) is 49.8 Å². The zero-order valence-corrected chi connectivity index (χ0v) is 20.4. The zero-order chi connectivity index (χ0) is 25.1. The quantitative estimate of drug-likeness (QED) is 0.130. The Balaban J connectivity index is 1.94. The Kier molecular flexibility index (Phi) is 10.7. The van der Waals surface area contributed by atoms with Crippen LogP contribution in [0.4, 0.5) is 0 Å². The van der Waals surface area contributed by atoms with Crippen LogP contribution in [0.2, 0.25) is 5.02 Å². The minimum Gasteiger partial charge on any atom is -0.370 e. The second kappa shape index (κ2) is 13.3. The van der Waals surface area contributed by atoms with Crippen molar-refractivity contribution in [2.45, 2.75) is 49.9 Å². The number of nitrogens with zero attached hydrogens (tertiary/aromatic N) is 2. The van der Waals surface area contributed by atoms with Crippen LogP contribution in [-0.4, -0.2) is 69.1 Å². The van der Waals surface area contributed by atoms with Gasteiger partial charge in [-0.2, -0.15) is 0 Å². The fourth-order valence-electron chi connectivity index (χ4n) is 3.60. The number of guanidine groups is 1. The minimum absolute atomic E-state index is 0.0518. The molecule has 0 saturated carbocycles. The normalized spacial score (nSPS) is 17.5. The Morgan fingerprint density at radius 3 is 2.76 bits per heavy atom. The molecule has 1 aromatic rings. The third-order valence-corrected chi connectivity index (χ3v) is 6.75. The minimum atomic E-state index is -3.83. The number of rotatable bonds is 12. The molecule has 188 valence electrons. The van der Waals surface area contributed by atoms with Crippen molar-refractivity contribution < 1.29 is 22.8 Å². The average molecular weight is 515 g/mol. The molecule has 0 aromatic heterocycles. The number of aliphatic imine (C=N–C) groups is 1. The maximum atomic E-state index is 13.0. The largest absolute Gasteiger partial charge is 0.370 e. The van der Waals surface area contributed by atoms with E-state index in [0.717, 1.165) is 0 Å². The molecule has 0 bridgehead atoms. The highest BCUT2D eigenvalue weighted by Crippen LogP contribution is 2.16. The number of aldehydes is 1. The molecule has 2 rings (SSSR count). The fourth-order valence-corrected chi connectivity index (χ4v) is 5.16. The van der Waals surface area contributed by atoms with Crippen molar-refractivity contribution in [3.8, 4) is 0 Å². The van der Waals surface area contributed by atoms with Gasteiger partial charge in [0.05, 0.1) is 18.3 Å². The van der Waals surface area contributed by atoms with Gasteiger partial charge in [-0.3, -0.25) is 14.6 Å². The van der Waals surface area contributed by atoms with Crippen LogP contribution < -0.4 is 21.5 Å². The van der Waals surface area contributed by atoms with Crippen LogP contribution in [0.25, 0.3) is 0 Å². The van der Waals surface area contributed by atoms with Gasteiger partial charge in [-0.25, -0.2) is 13.1 Å². The van der Waals surface area contributed by atoms with E-state index < -0.39 is 33.9 Å². The number of halogens is 1. The molecule has 0 aliphatic carbocycles. The monoisotopic (exact) mass is 514 g/mol. The Hall–Kier alpha value is -2.70. The molecule has 2 unspecified atom stereocenters. The fraction of sp³-hybridized carbons (Fsp3) is 0.524. The van der Waals surface area contributed by atoms with Crippen LogP contribution in [0.5, 0.6) is 0 Å². The number of sulfonamides is 1. The molecule has 1 aliphatic rings. The lowest BCUT2D eigenvalue weighted by Crippen LogP contribution is -2.51. The molecule has 2 amide bonds. The van der Waals surface area contributed by atoms with Crippen molar-refractivity contribution in [3.63, 3.8) is 0 Å². The number of amides is 2. The van der Waals surface area contributed by atoms with Gasteiger partial charge >= 0.3 is 0 Å². The Morgan fingerprint density at radius 1 is 1.32 bits per heavy atom. The van der Waals surface area contributed by atoms with E-state index in [-0.39, 0.29) is 18.3 Å². The van der Waals surface area contributed by atoms with Gasteiger partial charge in [-0.1, -0.05) is 23.7 Å². The summed E-state index contributed by atoms with van der Waals surface area (Å²) in [6, 6.07) is 4.77. The second-order valence-electron chi connectivity index (χ2n) is 8.07. The molecular weight excluding hydrogens is 484 g/mol. The summed E-state index contributed by atoms with van der Waals surface area (Å²) in [5, 5.41) is 3.00. The molecule has 1 aromatic carbocycles. The predicted molar refractivity (Wildman–Crippen MR) is 129 cm³/mol. The van der Waals surface area contributed by atoms with Gasteiger partial charge in [0.1, 0.15) is 12.3 Å². The van der Waals surface area contributed by atoms with Gasteiger partial charge < -0.3 is 26.5 Å². The van der Waals surface area contributed by atoms with Crippen molar-refractivity contribution in [1.82, 2.24) is 14.9 Å². The van der Waals surface area contributed by atoms with Gasteiger partial charge in [-0.15, -0.1) is 0 Å². The SMILES string of the molecule is NC(N)=NCCCC(C=O)NC(=O)CN1CCCCC(NS(=O)(=O)Cc2cccc(Cl)c2)C1=O. The molecule has 0 radical (unpaired) electrons. The molecule has 1 aliphatic heterocycles.